The molecule has 1 fully saturated rings. The minimum atomic E-state index is -0.757. The summed E-state index contributed by atoms with van der Waals surface area (Å²) in [6.45, 7) is 4.45. The van der Waals surface area contributed by atoms with E-state index in [4.69, 9.17) is 5.73 Å². The predicted molar refractivity (Wildman–Crippen MR) is 133 cm³/mol. The van der Waals surface area contributed by atoms with Crippen LogP contribution in [0.3, 0.4) is 0 Å². The van der Waals surface area contributed by atoms with Gasteiger partial charge in [-0.05, 0) is 86.3 Å². The number of aryl methyl sites for hydroxylation is 2. The molecule has 32 heavy (non-hydrogen) atoms. The molecule has 1 aliphatic rings. The van der Waals surface area contributed by atoms with Crippen LogP contribution in [0.4, 0.5) is 0 Å². The van der Waals surface area contributed by atoms with E-state index in [2.05, 4.69) is 10.6 Å². The summed E-state index contributed by atoms with van der Waals surface area (Å²) in [4.78, 5) is 25.5. The van der Waals surface area contributed by atoms with Crippen molar-refractivity contribution in [2.75, 3.05) is 18.6 Å². The molecule has 1 aromatic rings. The molecule has 1 saturated carbocycles. The van der Waals surface area contributed by atoms with Crippen LogP contribution in [-0.2, 0) is 16.0 Å². The van der Waals surface area contributed by atoms with E-state index in [1.165, 1.54) is 38.5 Å². The zero-order valence-corrected chi connectivity index (χ0v) is 20.7. The molecule has 0 radical (unpaired) electrons. The number of nitrogens with two attached hydrogens (primary N) is 1. The topological polar surface area (TPSA) is 104 Å². The van der Waals surface area contributed by atoms with Crippen molar-refractivity contribution in [2.24, 2.45) is 11.7 Å². The van der Waals surface area contributed by atoms with Gasteiger partial charge in [0.05, 0.1) is 6.04 Å². The Labute approximate surface area is 197 Å². The summed E-state index contributed by atoms with van der Waals surface area (Å²) in [5.41, 5.74) is 8.96. The average Bonchev–Trinajstić information content (AvgIpc) is 2.76. The molecule has 1 aliphatic carbocycles. The second-order valence-electron chi connectivity index (χ2n) is 9.15. The van der Waals surface area contributed by atoms with Crippen LogP contribution in [0.1, 0.15) is 68.1 Å². The maximum Gasteiger partial charge on any atom is 0.242 e. The van der Waals surface area contributed by atoms with Crippen molar-refractivity contribution in [3.8, 4) is 5.75 Å². The van der Waals surface area contributed by atoms with E-state index in [9.17, 15) is 14.7 Å². The molecular weight excluding hydrogens is 422 g/mol. The van der Waals surface area contributed by atoms with E-state index >= 15 is 0 Å². The summed E-state index contributed by atoms with van der Waals surface area (Å²) in [5, 5.41) is 15.6. The smallest absolute Gasteiger partial charge is 0.242 e. The Balaban J connectivity index is 1.86. The largest absolute Gasteiger partial charge is 0.508 e. The van der Waals surface area contributed by atoms with Gasteiger partial charge in [-0.1, -0.05) is 32.1 Å². The van der Waals surface area contributed by atoms with Crippen LogP contribution >= 0.6 is 11.8 Å². The first-order valence-corrected chi connectivity index (χ1v) is 13.3. The number of thioether (sulfide) groups is 1. The van der Waals surface area contributed by atoms with Crippen LogP contribution in [0.2, 0.25) is 0 Å². The van der Waals surface area contributed by atoms with Crippen molar-refractivity contribution in [1.29, 1.82) is 0 Å². The molecule has 0 aliphatic heterocycles. The summed E-state index contributed by atoms with van der Waals surface area (Å²) >= 11 is 1.65. The maximum atomic E-state index is 12.8. The van der Waals surface area contributed by atoms with Gasteiger partial charge in [0.2, 0.25) is 11.8 Å². The van der Waals surface area contributed by atoms with Gasteiger partial charge in [-0.3, -0.25) is 9.59 Å². The molecule has 0 spiro atoms. The summed E-state index contributed by atoms with van der Waals surface area (Å²) in [5.74, 6) is 1.35. The van der Waals surface area contributed by atoms with Gasteiger partial charge in [0.25, 0.3) is 0 Å². The zero-order chi connectivity index (χ0) is 23.5. The lowest BCUT2D eigenvalue weighted by molar-refractivity contribution is -0.129. The molecule has 0 aromatic heterocycles. The van der Waals surface area contributed by atoms with Crippen molar-refractivity contribution < 1.29 is 14.7 Å². The molecule has 7 heteroatoms. The van der Waals surface area contributed by atoms with E-state index in [0.717, 1.165) is 34.8 Å². The van der Waals surface area contributed by atoms with Crippen molar-refractivity contribution in [1.82, 2.24) is 10.6 Å². The number of rotatable bonds is 12. The number of phenols is 1. The number of phenolic OH excluding ortho intramolecular Hbond substituents is 1. The minimum absolute atomic E-state index is 0.125. The molecule has 5 N–H and O–H groups in total. The van der Waals surface area contributed by atoms with Crippen LogP contribution in [-0.4, -0.2) is 47.6 Å². The first kappa shape index (κ1) is 26.5. The molecule has 0 heterocycles. The van der Waals surface area contributed by atoms with Gasteiger partial charge in [0.1, 0.15) is 11.8 Å². The Morgan fingerprint density at radius 2 is 1.81 bits per heavy atom. The van der Waals surface area contributed by atoms with Gasteiger partial charge in [-0.2, -0.15) is 11.8 Å². The average molecular weight is 464 g/mol. The highest BCUT2D eigenvalue weighted by Gasteiger charge is 2.24. The molecular formula is C25H41N3O3S. The van der Waals surface area contributed by atoms with Crippen molar-refractivity contribution in [3.05, 3.63) is 28.8 Å². The van der Waals surface area contributed by atoms with Crippen LogP contribution in [0.25, 0.3) is 0 Å². The normalized spacial score (nSPS) is 16.4. The number of amides is 2. The Hall–Kier alpha value is -1.73. The molecule has 6 nitrogen and oxygen atoms in total. The van der Waals surface area contributed by atoms with E-state index in [0.29, 0.717) is 19.4 Å². The number of aromatic hydroxyl groups is 1. The van der Waals surface area contributed by atoms with E-state index in [-0.39, 0.29) is 17.6 Å². The Morgan fingerprint density at radius 3 is 2.44 bits per heavy atom. The van der Waals surface area contributed by atoms with Gasteiger partial charge in [0, 0.05) is 6.54 Å². The minimum Gasteiger partial charge on any atom is -0.508 e. The Morgan fingerprint density at radius 1 is 1.16 bits per heavy atom. The third-order valence-electron chi connectivity index (χ3n) is 6.50. The first-order chi connectivity index (χ1) is 15.3. The SMILES string of the molecule is CSCC[C@@H](NC(=O)[C@@H](N)Cc1c(C)cc(O)cc1C)C(=O)NCCCC1CCCCC1. The van der Waals surface area contributed by atoms with Gasteiger partial charge in [-0.15, -0.1) is 0 Å². The molecule has 0 bridgehead atoms. The highest BCUT2D eigenvalue weighted by Crippen LogP contribution is 2.27. The summed E-state index contributed by atoms with van der Waals surface area (Å²) in [6, 6.07) is 2.02. The van der Waals surface area contributed by atoms with Gasteiger partial charge < -0.3 is 21.5 Å². The lowest BCUT2D eigenvalue weighted by Gasteiger charge is -2.23. The fraction of sp³-hybridized carbons (Fsp3) is 0.680. The number of nitrogens with one attached hydrogen (secondary N) is 2. The molecule has 2 atom stereocenters. The van der Waals surface area contributed by atoms with Crippen molar-refractivity contribution in [3.63, 3.8) is 0 Å². The summed E-state index contributed by atoms with van der Waals surface area (Å²) in [6.07, 6.45) is 11.7. The van der Waals surface area contributed by atoms with Crippen molar-refractivity contribution >= 4 is 23.6 Å². The summed E-state index contributed by atoms with van der Waals surface area (Å²) < 4.78 is 0. The number of carbonyl (C=O) groups excluding carboxylic acids is 2. The second kappa shape index (κ2) is 13.7. The third kappa shape index (κ3) is 8.66. The predicted octanol–water partition coefficient (Wildman–Crippen LogP) is 3.59. The Kier molecular flexibility index (Phi) is 11.4. The monoisotopic (exact) mass is 463 g/mol. The van der Waals surface area contributed by atoms with E-state index in [1.54, 1.807) is 23.9 Å². The highest BCUT2D eigenvalue weighted by atomic mass is 32.2. The molecule has 2 rings (SSSR count). The number of carbonyl (C=O) groups is 2. The van der Waals surface area contributed by atoms with Crippen LogP contribution in [0.15, 0.2) is 12.1 Å². The number of benzene rings is 1. The quantitative estimate of drug-likeness (QED) is 0.355. The van der Waals surface area contributed by atoms with Gasteiger partial charge in [-0.25, -0.2) is 0 Å². The lowest BCUT2D eigenvalue weighted by atomic mass is 9.86. The lowest BCUT2D eigenvalue weighted by Crippen LogP contribution is -2.52. The fourth-order valence-corrected chi connectivity index (χ4v) is 5.06. The van der Waals surface area contributed by atoms with E-state index < -0.39 is 12.1 Å². The third-order valence-corrected chi connectivity index (χ3v) is 7.14. The molecule has 0 unspecified atom stereocenters. The standard InChI is InChI=1S/C25H41N3O3S/c1-17-14-20(29)15-18(2)21(17)16-22(26)24(30)28-23(11-13-32-3)25(31)27-12-7-10-19-8-5-4-6-9-19/h14-15,19,22-23,29H,4-13,16,26H2,1-3H3,(H,27,31)(H,28,30)/t22-,23+/m0/s1. The zero-order valence-electron chi connectivity index (χ0n) is 19.9. The maximum absolute atomic E-state index is 12.8. The van der Waals surface area contributed by atoms with Crippen molar-refractivity contribution in [2.45, 2.75) is 83.7 Å². The summed E-state index contributed by atoms with van der Waals surface area (Å²) in [7, 11) is 0. The van der Waals surface area contributed by atoms with Gasteiger partial charge >= 0.3 is 0 Å². The Bertz CT molecular complexity index is 727. The van der Waals surface area contributed by atoms with E-state index in [1.807, 2.05) is 20.1 Å². The first-order valence-electron chi connectivity index (χ1n) is 11.9. The number of hydrogen-bond donors (Lipinski definition) is 4. The molecule has 0 saturated heterocycles. The fourth-order valence-electron chi connectivity index (χ4n) is 4.59. The van der Waals surface area contributed by atoms with Crippen LogP contribution < -0.4 is 16.4 Å². The van der Waals surface area contributed by atoms with Gasteiger partial charge in [0.15, 0.2) is 0 Å². The molecule has 1 aromatic carbocycles. The van der Waals surface area contributed by atoms with Crippen LogP contribution in [0, 0.1) is 19.8 Å². The van der Waals surface area contributed by atoms with Crippen LogP contribution in [0.5, 0.6) is 5.75 Å². The number of hydrogen-bond acceptors (Lipinski definition) is 5. The second-order valence-corrected chi connectivity index (χ2v) is 10.1. The highest BCUT2D eigenvalue weighted by molar-refractivity contribution is 7.98. The molecule has 180 valence electrons. The molecule has 2 amide bonds.